The summed E-state index contributed by atoms with van der Waals surface area (Å²) in [6, 6.07) is 2.48. The number of alkyl halides is 3. The maximum Gasteiger partial charge on any atom is 0.417 e. The predicted molar refractivity (Wildman–Crippen MR) is 75.0 cm³/mol. The predicted octanol–water partition coefficient (Wildman–Crippen LogP) is 2.48. The molecule has 21 heavy (non-hydrogen) atoms. The number of rotatable bonds is 5. The molecule has 1 aromatic rings. The van der Waals surface area contributed by atoms with Gasteiger partial charge in [-0.15, -0.1) is 0 Å². The standard InChI is InChI=1S/C12H14BrF3N2O2S/c13-10-4-3-8(5-9(10)12(14,15)16)21(19,20)18-6-11(17)7-1-2-7/h3-5,7,11,18H,1-2,6,17H2. The molecule has 0 amide bonds. The minimum atomic E-state index is -4.63. The Kier molecular flexibility index (Phi) is 4.67. The molecule has 0 saturated heterocycles. The highest BCUT2D eigenvalue weighted by atomic mass is 79.9. The number of nitrogens with one attached hydrogen (secondary N) is 1. The van der Waals surface area contributed by atoms with Crippen LogP contribution in [0.2, 0.25) is 0 Å². The second-order valence-electron chi connectivity index (χ2n) is 4.99. The fourth-order valence-corrected chi connectivity index (χ4v) is 3.44. The molecule has 1 atom stereocenters. The van der Waals surface area contributed by atoms with Gasteiger partial charge in [0.1, 0.15) is 0 Å². The summed E-state index contributed by atoms with van der Waals surface area (Å²) in [7, 11) is -4.01. The molecule has 118 valence electrons. The minimum absolute atomic E-state index is 0.0183. The summed E-state index contributed by atoms with van der Waals surface area (Å²) in [5.41, 5.74) is 4.74. The van der Waals surface area contributed by atoms with Crippen molar-refractivity contribution in [2.24, 2.45) is 11.7 Å². The van der Waals surface area contributed by atoms with Gasteiger partial charge >= 0.3 is 6.18 Å². The van der Waals surface area contributed by atoms with Crippen molar-refractivity contribution in [1.82, 2.24) is 4.72 Å². The van der Waals surface area contributed by atoms with E-state index in [9.17, 15) is 21.6 Å². The minimum Gasteiger partial charge on any atom is -0.326 e. The molecule has 0 heterocycles. The van der Waals surface area contributed by atoms with E-state index in [1.165, 1.54) is 0 Å². The lowest BCUT2D eigenvalue weighted by Crippen LogP contribution is -2.38. The van der Waals surface area contributed by atoms with Gasteiger partial charge < -0.3 is 5.73 Å². The molecule has 0 aliphatic heterocycles. The van der Waals surface area contributed by atoms with Crippen LogP contribution in [0.15, 0.2) is 27.6 Å². The summed E-state index contributed by atoms with van der Waals surface area (Å²) in [5.74, 6) is 0.295. The van der Waals surface area contributed by atoms with E-state index in [2.05, 4.69) is 20.7 Å². The normalized spacial score (nSPS) is 17.8. The highest BCUT2D eigenvalue weighted by molar-refractivity contribution is 9.10. The van der Waals surface area contributed by atoms with Crippen LogP contribution in [0.5, 0.6) is 0 Å². The third-order valence-electron chi connectivity index (χ3n) is 3.29. The smallest absolute Gasteiger partial charge is 0.326 e. The van der Waals surface area contributed by atoms with Gasteiger partial charge in [0.2, 0.25) is 10.0 Å². The first-order chi connectivity index (χ1) is 9.61. The van der Waals surface area contributed by atoms with Crippen LogP contribution in [-0.4, -0.2) is 21.0 Å². The number of sulfonamides is 1. The largest absolute Gasteiger partial charge is 0.417 e. The van der Waals surface area contributed by atoms with E-state index in [1.807, 2.05) is 0 Å². The Hall–Kier alpha value is -0.640. The van der Waals surface area contributed by atoms with E-state index in [4.69, 9.17) is 5.73 Å². The van der Waals surface area contributed by atoms with E-state index in [1.54, 1.807) is 0 Å². The Morgan fingerprint density at radius 1 is 1.38 bits per heavy atom. The molecular formula is C12H14BrF3N2O2S. The van der Waals surface area contributed by atoms with Crippen molar-refractivity contribution in [3.05, 3.63) is 28.2 Å². The van der Waals surface area contributed by atoms with Gasteiger partial charge in [-0.25, -0.2) is 13.1 Å². The van der Waals surface area contributed by atoms with Crippen molar-refractivity contribution in [2.45, 2.75) is 30.0 Å². The SMILES string of the molecule is NC(CNS(=O)(=O)c1ccc(Br)c(C(F)(F)F)c1)C1CC1. The number of benzene rings is 1. The maximum atomic E-state index is 12.8. The molecular weight excluding hydrogens is 373 g/mol. The Bertz CT molecular complexity index is 630. The zero-order valence-electron chi connectivity index (χ0n) is 10.8. The summed E-state index contributed by atoms with van der Waals surface area (Å²) in [4.78, 5) is -0.430. The van der Waals surface area contributed by atoms with Crippen LogP contribution in [0.25, 0.3) is 0 Å². The first-order valence-corrected chi connectivity index (χ1v) is 8.51. The second kappa shape index (κ2) is 5.86. The summed E-state index contributed by atoms with van der Waals surface area (Å²) < 4.78 is 64.4. The maximum absolute atomic E-state index is 12.8. The van der Waals surface area contributed by atoms with E-state index in [0.717, 1.165) is 25.0 Å². The number of nitrogens with two attached hydrogens (primary N) is 1. The van der Waals surface area contributed by atoms with Crippen LogP contribution >= 0.6 is 15.9 Å². The summed E-state index contributed by atoms with van der Waals surface area (Å²) in [6.07, 6.45) is -2.71. The van der Waals surface area contributed by atoms with Gasteiger partial charge in [0.05, 0.1) is 10.5 Å². The first kappa shape index (κ1) is 16.7. The van der Waals surface area contributed by atoms with Crippen molar-refractivity contribution in [3.63, 3.8) is 0 Å². The Balaban J connectivity index is 2.19. The lowest BCUT2D eigenvalue weighted by atomic mass is 10.2. The van der Waals surface area contributed by atoms with Crippen LogP contribution in [-0.2, 0) is 16.2 Å². The van der Waals surface area contributed by atoms with Gasteiger partial charge in [-0.1, -0.05) is 15.9 Å². The topological polar surface area (TPSA) is 72.2 Å². The molecule has 9 heteroatoms. The molecule has 0 radical (unpaired) electrons. The Morgan fingerprint density at radius 2 is 2.00 bits per heavy atom. The van der Waals surface area contributed by atoms with Gasteiger partial charge in [-0.3, -0.25) is 0 Å². The highest BCUT2D eigenvalue weighted by Crippen LogP contribution is 2.36. The molecule has 4 nitrogen and oxygen atoms in total. The third kappa shape index (κ3) is 4.18. The van der Waals surface area contributed by atoms with Gasteiger partial charge in [-0.05, 0) is 37.0 Å². The molecule has 1 saturated carbocycles. The fraction of sp³-hybridized carbons (Fsp3) is 0.500. The highest BCUT2D eigenvalue weighted by Gasteiger charge is 2.34. The molecule has 2 rings (SSSR count). The summed E-state index contributed by atoms with van der Waals surface area (Å²) in [5, 5.41) is 0. The molecule has 0 spiro atoms. The molecule has 1 aliphatic carbocycles. The summed E-state index contributed by atoms with van der Waals surface area (Å²) in [6.45, 7) is 0.0183. The molecule has 1 unspecified atom stereocenters. The van der Waals surface area contributed by atoms with Crippen LogP contribution in [0.4, 0.5) is 13.2 Å². The zero-order chi connectivity index (χ0) is 15.8. The fourth-order valence-electron chi connectivity index (χ4n) is 1.87. The van der Waals surface area contributed by atoms with Crippen LogP contribution in [0.1, 0.15) is 18.4 Å². The quantitative estimate of drug-likeness (QED) is 0.816. The zero-order valence-corrected chi connectivity index (χ0v) is 13.2. The van der Waals surface area contributed by atoms with Gasteiger partial charge in [0, 0.05) is 17.1 Å². The molecule has 0 aromatic heterocycles. The number of halogens is 4. The molecule has 0 bridgehead atoms. The second-order valence-corrected chi connectivity index (χ2v) is 7.61. The van der Waals surface area contributed by atoms with Crippen LogP contribution in [0.3, 0.4) is 0 Å². The monoisotopic (exact) mass is 386 g/mol. The van der Waals surface area contributed by atoms with E-state index in [-0.39, 0.29) is 17.1 Å². The Labute approximate surface area is 129 Å². The van der Waals surface area contributed by atoms with Crippen molar-refractivity contribution in [3.8, 4) is 0 Å². The molecule has 1 aromatic carbocycles. The van der Waals surface area contributed by atoms with Crippen molar-refractivity contribution >= 4 is 26.0 Å². The van der Waals surface area contributed by atoms with Crippen LogP contribution < -0.4 is 10.5 Å². The molecule has 1 fully saturated rings. The summed E-state index contributed by atoms with van der Waals surface area (Å²) >= 11 is 2.77. The first-order valence-electron chi connectivity index (χ1n) is 6.23. The van der Waals surface area contributed by atoms with Crippen LogP contribution in [0, 0.1) is 5.92 Å². The van der Waals surface area contributed by atoms with Crippen molar-refractivity contribution < 1.29 is 21.6 Å². The Morgan fingerprint density at radius 3 is 2.52 bits per heavy atom. The van der Waals surface area contributed by atoms with Gasteiger partial charge in [0.15, 0.2) is 0 Å². The van der Waals surface area contributed by atoms with Gasteiger partial charge in [0.25, 0.3) is 0 Å². The van der Waals surface area contributed by atoms with E-state index >= 15 is 0 Å². The number of hydrogen-bond donors (Lipinski definition) is 2. The lowest BCUT2D eigenvalue weighted by molar-refractivity contribution is -0.138. The average Bonchev–Trinajstić information content (AvgIpc) is 3.19. The van der Waals surface area contributed by atoms with Crippen molar-refractivity contribution in [1.29, 1.82) is 0 Å². The van der Waals surface area contributed by atoms with E-state index < -0.39 is 26.7 Å². The average molecular weight is 387 g/mol. The molecule has 1 aliphatic rings. The van der Waals surface area contributed by atoms with E-state index in [0.29, 0.717) is 12.0 Å². The lowest BCUT2D eigenvalue weighted by Gasteiger charge is -2.14. The van der Waals surface area contributed by atoms with Crippen molar-refractivity contribution in [2.75, 3.05) is 6.54 Å². The third-order valence-corrected chi connectivity index (χ3v) is 5.40. The van der Waals surface area contributed by atoms with Gasteiger partial charge in [-0.2, -0.15) is 13.2 Å². The molecule has 3 N–H and O–H groups in total. The number of hydrogen-bond acceptors (Lipinski definition) is 3.